The third-order valence-electron chi connectivity index (χ3n) is 4.85. The smallest absolute Gasteiger partial charge is 0.226 e. The second-order valence-electron chi connectivity index (χ2n) is 6.52. The van der Waals surface area contributed by atoms with Crippen molar-refractivity contribution in [3.63, 3.8) is 0 Å². The number of aromatic nitrogens is 2. The predicted molar refractivity (Wildman–Crippen MR) is 99.8 cm³/mol. The molecule has 3 aromatic rings. The van der Waals surface area contributed by atoms with Gasteiger partial charge in [-0.1, -0.05) is 0 Å². The highest BCUT2D eigenvalue weighted by molar-refractivity contribution is 5.94. The second kappa shape index (κ2) is 7.08. The van der Waals surface area contributed by atoms with E-state index in [-0.39, 0.29) is 41.1 Å². The van der Waals surface area contributed by atoms with Gasteiger partial charge in [0.25, 0.3) is 0 Å². The number of fused-ring (bicyclic) bond motifs is 1. The Hall–Kier alpha value is -3.62. The number of nitrogens with zero attached hydrogens (tertiary/aromatic N) is 2. The third kappa shape index (κ3) is 3.14. The van der Waals surface area contributed by atoms with Crippen molar-refractivity contribution in [3.8, 4) is 22.9 Å². The molecule has 0 radical (unpaired) electrons. The Balaban J connectivity index is 1.86. The van der Waals surface area contributed by atoms with Crippen molar-refractivity contribution in [2.45, 2.75) is 12.3 Å². The number of halogens is 2. The van der Waals surface area contributed by atoms with Gasteiger partial charge in [-0.2, -0.15) is 0 Å². The van der Waals surface area contributed by atoms with Gasteiger partial charge in [0, 0.05) is 18.4 Å². The molecule has 1 aliphatic heterocycles. The van der Waals surface area contributed by atoms with Gasteiger partial charge in [-0.05, 0) is 29.8 Å². The number of benzene rings is 2. The molecular formula is C20H17F2N3O4. The second-order valence-corrected chi connectivity index (χ2v) is 6.52. The first-order chi connectivity index (χ1) is 13.9. The van der Waals surface area contributed by atoms with Crippen LogP contribution in [0.4, 0.5) is 14.6 Å². The highest BCUT2D eigenvalue weighted by Crippen LogP contribution is 2.44. The van der Waals surface area contributed by atoms with Crippen LogP contribution in [-0.4, -0.2) is 34.8 Å². The molecule has 1 aromatic heterocycles. The number of aromatic hydroxyl groups is 1. The van der Waals surface area contributed by atoms with E-state index in [0.29, 0.717) is 11.3 Å². The Morgan fingerprint density at radius 1 is 1.17 bits per heavy atom. The Morgan fingerprint density at radius 2 is 1.86 bits per heavy atom. The summed E-state index contributed by atoms with van der Waals surface area (Å²) in [6.07, 6.45) is 1.41. The highest BCUT2D eigenvalue weighted by atomic mass is 19.1. The first kappa shape index (κ1) is 18.7. The van der Waals surface area contributed by atoms with Crippen LogP contribution in [0.15, 0.2) is 36.7 Å². The first-order valence-corrected chi connectivity index (χ1v) is 8.70. The molecule has 0 spiro atoms. The molecule has 2 heterocycles. The molecule has 4 rings (SSSR count). The number of hydrogen-bond donors (Lipinski definition) is 2. The van der Waals surface area contributed by atoms with Crippen molar-refractivity contribution in [2.24, 2.45) is 0 Å². The summed E-state index contributed by atoms with van der Waals surface area (Å²) in [4.78, 5) is 16.7. The van der Waals surface area contributed by atoms with Crippen molar-refractivity contribution >= 4 is 11.7 Å². The van der Waals surface area contributed by atoms with Gasteiger partial charge in [0.05, 0.1) is 25.6 Å². The largest absolute Gasteiger partial charge is 0.502 e. The zero-order chi connectivity index (χ0) is 20.7. The average Bonchev–Trinajstić information content (AvgIpc) is 3.13. The molecule has 0 aliphatic carbocycles. The predicted octanol–water partition coefficient (Wildman–Crippen LogP) is 3.35. The highest BCUT2D eigenvalue weighted by Gasteiger charge is 2.32. The molecule has 0 saturated carbocycles. The van der Waals surface area contributed by atoms with Gasteiger partial charge in [-0.15, -0.1) is 0 Å². The molecule has 9 heteroatoms. The van der Waals surface area contributed by atoms with Crippen molar-refractivity contribution in [2.75, 3.05) is 19.5 Å². The number of carbonyl (C=O) groups excluding carboxylic acids is 1. The van der Waals surface area contributed by atoms with Gasteiger partial charge in [0.2, 0.25) is 11.7 Å². The molecular weight excluding hydrogens is 384 g/mol. The summed E-state index contributed by atoms with van der Waals surface area (Å²) in [5.74, 6) is -1.63. The summed E-state index contributed by atoms with van der Waals surface area (Å²) < 4.78 is 39.6. The van der Waals surface area contributed by atoms with Crippen LogP contribution in [-0.2, 0) is 4.79 Å². The SMILES string of the molecule is COc1cc(C2CC(=O)Nc3c2ncn3-c2cc(F)ccc2F)cc(OC)c1O. The van der Waals surface area contributed by atoms with Crippen LogP contribution in [0, 0.1) is 11.6 Å². The summed E-state index contributed by atoms with van der Waals surface area (Å²) in [5, 5.41) is 12.8. The fraction of sp³-hybridized carbons (Fsp3) is 0.200. The number of methoxy groups -OCH3 is 2. The van der Waals surface area contributed by atoms with Crippen LogP contribution in [0.5, 0.6) is 17.2 Å². The van der Waals surface area contributed by atoms with E-state index in [1.54, 1.807) is 12.1 Å². The Bertz CT molecular complexity index is 1090. The zero-order valence-corrected chi connectivity index (χ0v) is 15.6. The Labute approximate surface area is 164 Å². The van der Waals surface area contributed by atoms with E-state index in [1.807, 2.05) is 0 Å². The summed E-state index contributed by atoms with van der Waals surface area (Å²) in [6, 6.07) is 6.23. The molecule has 7 nitrogen and oxygen atoms in total. The summed E-state index contributed by atoms with van der Waals surface area (Å²) in [5.41, 5.74) is 1.03. The number of phenols is 1. The van der Waals surface area contributed by atoms with Gasteiger partial charge < -0.3 is 19.9 Å². The van der Waals surface area contributed by atoms with Crippen LogP contribution in [0.1, 0.15) is 23.6 Å². The molecule has 0 bridgehead atoms. The van der Waals surface area contributed by atoms with Gasteiger partial charge in [-0.25, -0.2) is 13.8 Å². The average molecular weight is 401 g/mol. The topological polar surface area (TPSA) is 85.6 Å². The number of amides is 1. The lowest BCUT2D eigenvalue weighted by molar-refractivity contribution is -0.116. The molecule has 29 heavy (non-hydrogen) atoms. The monoisotopic (exact) mass is 401 g/mol. The number of ether oxygens (including phenoxy) is 2. The number of hydrogen-bond acceptors (Lipinski definition) is 5. The van der Waals surface area contributed by atoms with Crippen LogP contribution in [0.25, 0.3) is 5.69 Å². The van der Waals surface area contributed by atoms with Crippen LogP contribution in [0.3, 0.4) is 0 Å². The normalized spacial score (nSPS) is 15.6. The Kier molecular flexibility index (Phi) is 4.57. The molecule has 2 aromatic carbocycles. The molecule has 2 N–H and O–H groups in total. The van der Waals surface area contributed by atoms with E-state index in [2.05, 4.69) is 10.3 Å². The summed E-state index contributed by atoms with van der Waals surface area (Å²) in [7, 11) is 2.80. The van der Waals surface area contributed by atoms with E-state index < -0.39 is 17.6 Å². The van der Waals surface area contributed by atoms with Crippen molar-refractivity contribution in [1.29, 1.82) is 0 Å². The summed E-state index contributed by atoms with van der Waals surface area (Å²) in [6.45, 7) is 0. The fourth-order valence-electron chi connectivity index (χ4n) is 3.45. The van der Waals surface area contributed by atoms with E-state index >= 15 is 0 Å². The van der Waals surface area contributed by atoms with E-state index in [0.717, 1.165) is 18.2 Å². The van der Waals surface area contributed by atoms with Gasteiger partial charge >= 0.3 is 0 Å². The number of anilines is 1. The number of rotatable bonds is 4. The maximum absolute atomic E-state index is 14.3. The minimum Gasteiger partial charge on any atom is -0.502 e. The molecule has 1 aliphatic rings. The number of phenolic OH excluding ortho intramolecular Hbond substituents is 1. The van der Waals surface area contributed by atoms with Crippen molar-refractivity contribution in [3.05, 3.63) is 59.6 Å². The van der Waals surface area contributed by atoms with Gasteiger partial charge in [0.1, 0.15) is 23.8 Å². The molecule has 1 amide bonds. The molecule has 1 unspecified atom stereocenters. The molecule has 0 fully saturated rings. The molecule has 150 valence electrons. The van der Waals surface area contributed by atoms with E-state index in [1.165, 1.54) is 25.1 Å². The minimum absolute atomic E-state index is 0.0689. The first-order valence-electron chi connectivity index (χ1n) is 8.70. The molecule has 0 saturated heterocycles. The van der Waals surface area contributed by atoms with Gasteiger partial charge in [-0.3, -0.25) is 9.36 Å². The maximum Gasteiger partial charge on any atom is 0.226 e. The lowest BCUT2D eigenvalue weighted by atomic mass is 9.89. The Morgan fingerprint density at radius 3 is 2.52 bits per heavy atom. The summed E-state index contributed by atoms with van der Waals surface area (Å²) >= 11 is 0. The van der Waals surface area contributed by atoms with E-state index in [4.69, 9.17) is 9.47 Å². The molecule has 1 atom stereocenters. The number of carbonyl (C=O) groups is 1. The lowest BCUT2D eigenvalue weighted by Crippen LogP contribution is -2.25. The minimum atomic E-state index is -0.657. The van der Waals surface area contributed by atoms with E-state index in [9.17, 15) is 18.7 Å². The van der Waals surface area contributed by atoms with Crippen molar-refractivity contribution in [1.82, 2.24) is 9.55 Å². The quantitative estimate of drug-likeness (QED) is 0.700. The van der Waals surface area contributed by atoms with Crippen LogP contribution in [0.2, 0.25) is 0 Å². The third-order valence-corrected chi connectivity index (χ3v) is 4.85. The standard InChI is InChI=1S/C20H17F2N3O4/c1-28-15-5-10(6-16(29-2)19(15)27)12-8-17(26)24-20-18(12)23-9-25(20)14-7-11(21)3-4-13(14)22/h3-7,9,12,27H,8H2,1-2H3,(H,24,26). The zero-order valence-electron chi connectivity index (χ0n) is 15.6. The van der Waals surface area contributed by atoms with Crippen LogP contribution < -0.4 is 14.8 Å². The van der Waals surface area contributed by atoms with Crippen molar-refractivity contribution < 1.29 is 28.2 Å². The fourth-order valence-corrected chi connectivity index (χ4v) is 3.45. The number of nitrogens with one attached hydrogen (secondary N) is 1. The van der Waals surface area contributed by atoms with Gasteiger partial charge in [0.15, 0.2) is 11.5 Å². The lowest BCUT2D eigenvalue weighted by Gasteiger charge is -2.24. The van der Waals surface area contributed by atoms with Crippen LogP contribution >= 0.6 is 0 Å². The number of imidazole rings is 1. The maximum atomic E-state index is 14.3.